The molecule has 6 heteroatoms. The van der Waals surface area contributed by atoms with Crippen molar-refractivity contribution in [2.24, 2.45) is 0 Å². The average Bonchev–Trinajstić information content (AvgIpc) is 2.46. The van der Waals surface area contributed by atoms with E-state index in [9.17, 15) is 4.39 Å². The summed E-state index contributed by atoms with van der Waals surface area (Å²) in [5, 5.41) is 15.9. The van der Waals surface area contributed by atoms with E-state index >= 15 is 0 Å². The molecule has 94 valence electrons. The van der Waals surface area contributed by atoms with Gasteiger partial charge in [-0.2, -0.15) is 0 Å². The number of rotatable bonds is 5. The van der Waals surface area contributed by atoms with Gasteiger partial charge in [0.15, 0.2) is 5.82 Å². The average molecular weight is 264 g/mol. The van der Waals surface area contributed by atoms with Gasteiger partial charge in [-0.1, -0.05) is 0 Å². The monoisotopic (exact) mass is 264 g/mol. The van der Waals surface area contributed by atoms with Gasteiger partial charge in [0, 0.05) is 16.9 Å². The molecular weight excluding hydrogens is 251 g/mol. The molecule has 0 aliphatic rings. The second-order valence-corrected chi connectivity index (χ2v) is 4.54. The fourth-order valence-electron chi connectivity index (χ4n) is 1.43. The molecule has 0 radical (unpaired) electrons. The Morgan fingerprint density at radius 2 is 1.72 bits per heavy atom. The molecule has 0 aliphatic heterocycles. The second kappa shape index (κ2) is 6.39. The van der Waals surface area contributed by atoms with Gasteiger partial charge in [-0.15, -0.1) is 32.2 Å². The van der Waals surface area contributed by atoms with Crippen molar-refractivity contribution < 1.29 is 4.39 Å². The van der Waals surface area contributed by atoms with Gasteiger partial charge in [0.2, 0.25) is 5.82 Å². The van der Waals surface area contributed by atoms with Crippen molar-refractivity contribution in [2.75, 3.05) is 12.9 Å². The Kier molecular flexibility index (Phi) is 4.58. The first kappa shape index (κ1) is 12.9. The maximum Gasteiger partial charge on any atom is 0.203 e. The van der Waals surface area contributed by atoms with Crippen molar-refractivity contribution in [3.05, 3.63) is 30.1 Å². The molecule has 0 amide bonds. The first-order chi connectivity index (χ1) is 8.83. The van der Waals surface area contributed by atoms with E-state index in [1.54, 1.807) is 11.8 Å². The number of hydrogen-bond donors (Lipinski definition) is 0. The summed E-state index contributed by atoms with van der Waals surface area (Å²) in [5.74, 6) is 0.976. The van der Waals surface area contributed by atoms with Crippen molar-refractivity contribution in [3.63, 3.8) is 0 Å². The van der Waals surface area contributed by atoms with Crippen molar-refractivity contribution >= 4 is 11.8 Å². The summed E-state index contributed by atoms with van der Waals surface area (Å²) >= 11 is 1.68. The van der Waals surface area contributed by atoms with Crippen LogP contribution >= 0.6 is 11.8 Å². The van der Waals surface area contributed by atoms with Gasteiger partial charge in [-0.05, 0) is 36.9 Å². The summed E-state index contributed by atoms with van der Waals surface area (Å²) in [6.07, 6.45) is 2.90. The van der Waals surface area contributed by atoms with Gasteiger partial charge >= 0.3 is 0 Å². The number of hydrogen-bond acceptors (Lipinski definition) is 5. The van der Waals surface area contributed by atoms with E-state index in [1.165, 1.54) is 4.90 Å². The molecule has 0 saturated carbocycles. The number of aromatic nitrogens is 4. The van der Waals surface area contributed by atoms with E-state index in [4.69, 9.17) is 0 Å². The van der Waals surface area contributed by atoms with E-state index in [1.807, 2.05) is 30.5 Å². The third kappa shape index (κ3) is 3.22. The number of benzene rings is 1. The van der Waals surface area contributed by atoms with Crippen LogP contribution in [0.5, 0.6) is 0 Å². The molecule has 0 spiro atoms. The number of halogens is 1. The van der Waals surface area contributed by atoms with Crippen LogP contribution in [0.4, 0.5) is 4.39 Å². The molecule has 1 aromatic carbocycles. The first-order valence-corrected chi connectivity index (χ1v) is 6.82. The highest BCUT2D eigenvalue weighted by atomic mass is 32.2. The maximum absolute atomic E-state index is 12.0. The van der Waals surface area contributed by atoms with Crippen molar-refractivity contribution in [2.45, 2.75) is 17.7 Å². The Balaban J connectivity index is 2.12. The molecule has 2 rings (SSSR count). The van der Waals surface area contributed by atoms with Gasteiger partial charge in [0.05, 0.1) is 6.67 Å². The lowest BCUT2D eigenvalue weighted by atomic mass is 10.2. The summed E-state index contributed by atoms with van der Waals surface area (Å²) in [6.45, 7) is -0.374. The minimum Gasteiger partial charge on any atom is -0.251 e. The molecule has 1 aromatic heterocycles. The van der Waals surface area contributed by atoms with E-state index in [0.717, 1.165) is 5.56 Å². The van der Waals surface area contributed by atoms with Crippen LogP contribution < -0.4 is 0 Å². The molecule has 0 aliphatic carbocycles. The van der Waals surface area contributed by atoms with Crippen LogP contribution in [-0.2, 0) is 6.42 Å². The minimum absolute atomic E-state index is 0.374. The van der Waals surface area contributed by atoms with Crippen molar-refractivity contribution in [1.82, 2.24) is 20.4 Å². The fraction of sp³-hybridized carbons (Fsp3) is 0.333. The van der Waals surface area contributed by atoms with Gasteiger partial charge in [-0.3, -0.25) is 4.39 Å². The third-order valence-electron chi connectivity index (χ3n) is 2.40. The summed E-state index contributed by atoms with van der Waals surface area (Å²) < 4.78 is 12.0. The highest BCUT2D eigenvalue weighted by Crippen LogP contribution is 2.19. The Labute approximate surface area is 109 Å². The third-order valence-corrected chi connectivity index (χ3v) is 3.15. The summed E-state index contributed by atoms with van der Waals surface area (Å²) in [7, 11) is 0. The SMILES string of the molecule is CSc1ccc(-c2nnc(CCCF)nn2)cc1. The largest absolute Gasteiger partial charge is 0.251 e. The van der Waals surface area contributed by atoms with E-state index in [-0.39, 0.29) is 6.67 Å². The van der Waals surface area contributed by atoms with Crippen LogP contribution in [0.3, 0.4) is 0 Å². The summed E-state index contributed by atoms with van der Waals surface area (Å²) in [4.78, 5) is 1.18. The highest BCUT2D eigenvalue weighted by molar-refractivity contribution is 7.98. The van der Waals surface area contributed by atoms with E-state index in [2.05, 4.69) is 20.4 Å². The predicted molar refractivity (Wildman–Crippen MR) is 69.1 cm³/mol. The molecular formula is C12H13FN4S. The fourth-order valence-corrected chi connectivity index (χ4v) is 1.84. The number of alkyl halides is 1. The number of nitrogens with zero attached hydrogens (tertiary/aromatic N) is 4. The molecule has 1 heterocycles. The molecule has 0 bridgehead atoms. The van der Waals surface area contributed by atoms with Crippen LogP contribution in [-0.4, -0.2) is 33.3 Å². The molecule has 0 unspecified atom stereocenters. The zero-order chi connectivity index (χ0) is 12.8. The molecule has 0 fully saturated rings. The molecule has 0 N–H and O–H groups in total. The Hall–Kier alpha value is -1.56. The molecule has 18 heavy (non-hydrogen) atoms. The second-order valence-electron chi connectivity index (χ2n) is 3.66. The van der Waals surface area contributed by atoms with Crippen molar-refractivity contribution in [3.8, 4) is 11.4 Å². The van der Waals surface area contributed by atoms with Gasteiger partial charge in [0.25, 0.3) is 0 Å². The lowest BCUT2D eigenvalue weighted by Gasteiger charge is -2.01. The zero-order valence-electron chi connectivity index (χ0n) is 10.0. The smallest absolute Gasteiger partial charge is 0.203 e. The van der Waals surface area contributed by atoms with Gasteiger partial charge in [0.1, 0.15) is 0 Å². The maximum atomic E-state index is 12.0. The summed E-state index contributed by atoms with van der Waals surface area (Å²) in [6, 6.07) is 7.87. The number of aryl methyl sites for hydroxylation is 1. The quantitative estimate of drug-likeness (QED) is 0.777. The first-order valence-electron chi connectivity index (χ1n) is 5.60. The molecule has 0 saturated heterocycles. The van der Waals surface area contributed by atoms with Gasteiger partial charge in [-0.25, -0.2) is 0 Å². The predicted octanol–water partition coefficient (Wildman–Crippen LogP) is 2.56. The lowest BCUT2D eigenvalue weighted by molar-refractivity contribution is 0.467. The highest BCUT2D eigenvalue weighted by Gasteiger charge is 2.04. The van der Waals surface area contributed by atoms with Crippen LogP contribution in [0.2, 0.25) is 0 Å². The Morgan fingerprint density at radius 3 is 2.28 bits per heavy atom. The molecule has 2 aromatic rings. The number of thioether (sulfide) groups is 1. The van der Waals surface area contributed by atoms with Crippen LogP contribution in [0.1, 0.15) is 12.2 Å². The normalized spacial score (nSPS) is 10.6. The van der Waals surface area contributed by atoms with Gasteiger partial charge < -0.3 is 0 Å². The van der Waals surface area contributed by atoms with Crippen LogP contribution in [0.15, 0.2) is 29.2 Å². The summed E-state index contributed by atoms with van der Waals surface area (Å²) in [5.41, 5.74) is 0.879. The van der Waals surface area contributed by atoms with Crippen LogP contribution in [0.25, 0.3) is 11.4 Å². The van der Waals surface area contributed by atoms with E-state index < -0.39 is 0 Å². The topological polar surface area (TPSA) is 51.6 Å². The van der Waals surface area contributed by atoms with Crippen molar-refractivity contribution in [1.29, 1.82) is 0 Å². The minimum atomic E-state index is -0.374. The molecule has 4 nitrogen and oxygen atoms in total. The van der Waals surface area contributed by atoms with Crippen LogP contribution in [0, 0.1) is 0 Å². The Bertz CT molecular complexity index is 486. The molecule has 0 atom stereocenters. The van der Waals surface area contributed by atoms with E-state index in [0.29, 0.717) is 24.5 Å². The Morgan fingerprint density at radius 1 is 1.06 bits per heavy atom. The standard InChI is InChI=1S/C12H13FN4S/c1-18-10-6-4-9(5-7-10)12-16-14-11(15-17-12)3-2-8-13/h4-7H,2-3,8H2,1H3. The zero-order valence-corrected chi connectivity index (χ0v) is 10.8. The lowest BCUT2D eigenvalue weighted by Crippen LogP contribution is -2.03.